The molecule has 6 nitrogen and oxygen atoms in total. The van der Waals surface area contributed by atoms with Gasteiger partial charge in [0.25, 0.3) is 0 Å². The van der Waals surface area contributed by atoms with Crippen LogP contribution >= 0.6 is 0 Å². The highest BCUT2D eigenvalue weighted by atomic mass is 16.6. The summed E-state index contributed by atoms with van der Waals surface area (Å²) < 4.78 is 11.4. The van der Waals surface area contributed by atoms with Crippen molar-refractivity contribution >= 4 is 17.3 Å². The fraction of sp³-hybridized carbons (Fsp3) is 0.263. The number of rotatable bonds is 1. The molecule has 25 heavy (non-hydrogen) atoms. The predicted octanol–water partition coefficient (Wildman–Crippen LogP) is 2.33. The maximum atomic E-state index is 12.3. The highest BCUT2D eigenvalue weighted by Gasteiger charge is 2.28. The van der Waals surface area contributed by atoms with Gasteiger partial charge in [-0.15, -0.1) is 0 Å². The largest absolute Gasteiger partial charge is 0.486 e. The van der Waals surface area contributed by atoms with Crippen molar-refractivity contribution in [3.63, 3.8) is 0 Å². The van der Waals surface area contributed by atoms with E-state index in [1.54, 1.807) is 0 Å². The standard InChI is InChI=1S/C19H19N3O3/c1-10-7-12(3-4-15(10)20)18-14-9-17-16(24-5-6-25-17)8-13(14)11(2)19(23)22-21-18/h3-4,7-9,11H,5-6,20H2,1-2H3,(H,22,23). The number of fused-ring (bicyclic) bond motifs is 2. The smallest absolute Gasteiger partial charge is 0.247 e. The number of benzene rings is 2. The number of carbonyl (C=O) groups is 1. The summed E-state index contributed by atoms with van der Waals surface area (Å²) in [7, 11) is 0. The van der Waals surface area contributed by atoms with Gasteiger partial charge in [0.05, 0.1) is 11.6 Å². The van der Waals surface area contributed by atoms with Crippen LogP contribution in [0.4, 0.5) is 5.69 Å². The number of nitrogens with one attached hydrogen (secondary N) is 1. The molecule has 2 aromatic rings. The molecule has 2 heterocycles. The van der Waals surface area contributed by atoms with Gasteiger partial charge >= 0.3 is 0 Å². The topological polar surface area (TPSA) is 85.9 Å². The van der Waals surface area contributed by atoms with Gasteiger partial charge in [-0.1, -0.05) is 6.07 Å². The van der Waals surface area contributed by atoms with Gasteiger partial charge in [-0.3, -0.25) is 4.79 Å². The lowest BCUT2D eigenvalue weighted by Crippen LogP contribution is -2.22. The first-order valence-corrected chi connectivity index (χ1v) is 8.22. The average Bonchev–Trinajstić information content (AvgIpc) is 2.74. The molecule has 0 spiro atoms. The van der Waals surface area contributed by atoms with Gasteiger partial charge in [0, 0.05) is 16.8 Å². The van der Waals surface area contributed by atoms with Crippen molar-refractivity contribution in [3.8, 4) is 11.5 Å². The van der Waals surface area contributed by atoms with Gasteiger partial charge in [-0.05, 0) is 49.2 Å². The number of hydrogen-bond acceptors (Lipinski definition) is 5. The Labute approximate surface area is 145 Å². The lowest BCUT2D eigenvalue weighted by Gasteiger charge is -2.22. The molecule has 4 rings (SSSR count). The number of hydrogen-bond donors (Lipinski definition) is 2. The molecule has 6 heteroatoms. The number of ether oxygens (including phenoxy) is 2. The van der Waals surface area contributed by atoms with Crippen molar-refractivity contribution in [2.45, 2.75) is 19.8 Å². The molecule has 0 fully saturated rings. The molecule has 128 valence electrons. The van der Waals surface area contributed by atoms with Crippen LogP contribution in [0.1, 0.15) is 35.1 Å². The van der Waals surface area contributed by atoms with Gasteiger partial charge in [0.1, 0.15) is 13.2 Å². The molecule has 0 saturated heterocycles. The van der Waals surface area contributed by atoms with E-state index >= 15 is 0 Å². The normalized spacial score (nSPS) is 18.7. The van der Waals surface area contributed by atoms with Crippen LogP contribution in [-0.2, 0) is 4.79 Å². The van der Waals surface area contributed by atoms with Crippen LogP contribution in [0, 0.1) is 6.92 Å². The van der Waals surface area contributed by atoms with Crippen LogP contribution in [0.2, 0.25) is 0 Å². The molecule has 0 aromatic heterocycles. The molecule has 1 amide bonds. The number of nitrogens with zero attached hydrogens (tertiary/aromatic N) is 1. The Bertz CT molecular complexity index is 905. The Kier molecular flexibility index (Phi) is 3.60. The average molecular weight is 337 g/mol. The Morgan fingerprint density at radius 1 is 1.16 bits per heavy atom. The first-order chi connectivity index (χ1) is 12.0. The first-order valence-electron chi connectivity index (χ1n) is 8.22. The Morgan fingerprint density at radius 2 is 1.88 bits per heavy atom. The van der Waals surface area contributed by atoms with Gasteiger partial charge in [0.15, 0.2) is 11.5 Å². The van der Waals surface area contributed by atoms with Gasteiger partial charge < -0.3 is 15.2 Å². The van der Waals surface area contributed by atoms with E-state index in [2.05, 4.69) is 10.5 Å². The van der Waals surface area contributed by atoms with Gasteiger partial charge in [-0.2, -0.15) is 5.10 Å². The lowest BCUT2D eigenvalue weighted by atomic mass is 9.89. The van der Waals surface area contributed by atoms with Crippen LogP contribution < -0.4 is 20.6 Å². The van der Waals surface area contributed by atoms with E-state index in [1.807, 2.05) is 44.2 Å². The number of aryl methyl sites for hydroxylation is 1. The summed E-state index contributed by atoms with van der Waals surface area (Å²) in [5.41, 5.74) is 13.6. The molecular formula is C19H19N3O3. The molecule has 0 radical (unpaired) electrons. The molecule has 1 unspecified atom stereocenters. The minimum absolute atomic E-state index is 0.153. The zero-order chi connectivity index (χ0) is 17.6. The zero-order valence-electron chi connectivity index (χ0n) is 14.1. The molecule has 0 saturated carbocycles. The Morgan fingerprint density at radius 3 is 2.60 bits per heavy atom. The molecule has 2 aliphatic heterocycles. The van der Waals surface area contributed by atoms with Gasteiger partial charge in [-0.25, -0.2) is 5.43 Å². The molecule has 0 aliphatic carbocycles. The van der Waals surface area contributed by atoms with E-state index in [1.165, 1.54) is 0 Å². The SMILES string of the molecule is Cc1cc(C2=NNC(=O)C(C)c3cc4c(cc32)OCCO4)ccc1N. The highest BCUT2D eigenvalue weighted by molar-refractivity contribution is 6.16. The van der Waals surface area contributed by atoms with Crippen molar-refractivity contribution in [3.05, 3.63) is 52.6 Å². The minimum Gasteiger partial charge on any atom is -0.486 e. The van der Waals surface area contributed by atoms with E-state index in [-0.39, 0.29) is 11.8 Å². The third-order valence-electron chi connectivity index (χ3n) is 4.65. The molecule has 1 atom stereocenters. The Balaban J connectivity index is 1.92. The van der Waals surface area contributed by atoms with Crippen LogP contribution in [0.25, 0.3) is 0 Å². The van der Waals surface area contributed by atoms with Crippen molar-refractivity contribution in [1.82, 2.24) is 5.43 Å². The van der Waals surface area contributed by atoms with E-state index in [4.69, 9.17) is 15.2 Å². The predicted molar refractivity (Wildman–Crippen MR) is 95.2 cm³/mol. The number of carbonyl (C=O) groups excluding carboxylic acids is 1. The third-order valence-corrected chi connectivity index (χ3v) is 4.65. The first kappa shape index (κ1) is 15.5. The van der Waals surface area contributed by atoms with Crippen molar-refractivity contribution in [2.75, 3.05) is 18.9 Å². The second-order valence-electron chi connectivity index (χ2n) is 6.31. The third kappa shape index (κ3) is 2.59. The fourth-order valence-electron chi connectivity index (χ4n) is 3.12. The monoisotopic (exact) mass is 337 g/mol. The number of hydrazone groups is 1. The summed E-state index contributed by atoms with van der Waals surface area (Å²) in [6.45, 7) is 4.81. The van der Waals surface area contributed by atoms with Crippen molar-refractivity contribution in [1.29, 1.82) is 0 Å². The summed E-state index contributed by atoms with van der Waals surface area (Å²) in [6.07, 6.45) is 0. The second-order valence-corrected chi connectivity index (χ2v) is 6.31. The van der Waals surface area contributed by atoms with Crippen LogP contribution in [0.5, 0.6) is 11.5 Å². The van der Waals surface area contributed by atoms with Crippen LogP contribution in [-0.4, -0.2) is 24.8 Å². The quantitative estimate of drug-likeness (QED) is 0.782. The van der Waals surface area contributed by atoms with E-state index in [9.17, 15) is 4.79 Å². The molecule has 2 aromatic carbocycles. The maximum Gasteiger partial charge on any atom is 0.247 e. The zero-order valence-corrected chi connectivity index (χ0v) is 14.1. The van der Waals surface area contributed by atoms with Gasteiger partial charge in [0.2, 0.25) is 5.91 Å². The number of amides is 1. The Hall–Kier alpha value is -3.02. The maximum absolute atomic E-state index is 12.3. The summed E-state index contributed by atoms with van der Waals surface area (Å²) in [5.74, 6) is 0.841. The molecule has 2 aliphatic rings. The van der Waals surface area contributed by atoms with Crippen molar-refractivity contribution in [2.24, 2.45) is 5.10 Å². The van der Waals surface area contributed by atoms with Crippen molar-refractivity contribution < 1.29 is 14.3 Å². The lowest BCUT2D eigenvalue weighted by molar-refractivity contribution is -0.122. The molecule has 0 bridgehead atoms. The van der Waals surface area contributed by atoms with Crippen LogP contribution in [0.15, 0.2) is 35.4 Å². The molecule has 3 N–H and O–H groups in total. The van der Waals surface area contributed by atoms with Crippen LogP contribution in [0.3, 0.4) is 0 Å². The number of anilines is 1. The summed E-state index contributed by atoms with van der Waals surface area (Å²) in [4.78, 5) is 12.3. The van der Waals surface area contributed by atoms with E-state index in [0.29, 0.717) is 30.4 Å². The summed E-state index contributed by atoms with van der Waals surface area (Å²) in [5, 5.41) is 4.37. The number of nitrogen functional groups attached to an aromatic ring is 1. The fourth-order valence-corrected chi connectivity index (χ4v) is 3.12. The summed E-state index contributed by atoms with van der Waals surface area (Å²) >= 11 is 0. The summed E-state index contributed by atoms with van der Waals surface area (Å²) in [6, 6.07) is 9.52. The molecular weight excluding hydrogens is 318 g/mol. The number of nitrogens with two attached hydrogens (primary N) is 1. The van der Waals surface area contributed by atoms with E-state index < -0.39 is 0 Å². The second kappa shape index (κ2) is 5.81. The minimum atomic E-state index is -0.345. The van der Waals surface area contributed by atoms with E-state index in [0.717, 1.165) is 27.9 Å². The highest BCUT2D eigenvalue weighted by Crippen LogP contribution is 2.38.